The molecule has 1 aromatic carbocycles. The number of rotatable bonds is 5. The van der Waals surface area contributed by atoms with Crippen LogP contribution < -0.4 is 10.4 Å². The standard InChI is InChI=1S/C20H23N5O5S2/c21-13-15-2-1-3-16(12-15)17-14-22-19(31-17)24-6-8-25(9-7-24)32(28,29)20(18(26)23-27)4-10-30-11-5-20/h1-3,12,14,27H,4-11H2,(H,23,26). The summed E-state index contributed by atoms with van der Waals surface area (Å²) in [5.74, 6) is -0.910. The predicted molar refractivity (Wildman–Crippen MR) is 118 cm³/mol. The van der Waals surface area contributed by atoms with Gasteiger partial charge < -0.3 is 9.64 Å². The minimum atomic E-state index is -4.00. The number of anilines is 1. The average Bonchev–Trinajstić information content (AvgIpc) is 3.34. The number of ether oxygens (including phenoxy) is 1. The van der Waals surface area contributed by atoms with Crippen LogP contribution in [0.15, 0.2) is 30.5 Å². The molecule has 1 amide bonds. The molecule has 2 aliphatic rings. The number of hydrogen-bond donors (Lipinski definition) is 2. The number of hydrogen-bond acceptors (Lipinski definition) is 9. The Morgan fingerprint density at radius 2 is 1.97 bits per heavy atom. The number of benzene rings is 1. The van der Waals surface area contributed by atoms with Crippen molar-refractivity contribution >= 4 is 32.4 Å². The SMILES string of the molecule is N#Cc1cccc(-c2cnc(N3CCN(S(=O)(=O)C4(C(=O)NO)CCOCC4)CC3)s2)c1. The molecule has 4 rings (SSSR count). The van der Waals surface area contributed by atoms with Gasteiger partial charge in [-0.3, -0.25) is 10.0 Å². The first-order chi connectivity index (χ1) is 15.4. The van der Waals surface area contributed by atoms with Gasteiger partial charge >= 0.3 is 0 Å². The lowest BCUT2D eigenvalue weighted by Crippen LogP contribution is -2.62. The fourth-order valence-electron chi connectivity index (χ4n) is 4.06. The summed E-state index contributed by atoms with van der Waals surface area (Å²) in [6.45, 7) is 1.56. The molecule has 2 N–H and O–H groups in total. The molecular weight excluding hydrogens is 454 g/mol. The van der Waals surface area contributed by atoms with Gasteiger partial charge in [-0.1, -0.05) is 23.5 Å². The minimum Gasteiger partial charge on any atom is -0.381 e. The zero-order chi connectivity index (χ0) is 22.8. The summed E-state index contributed by atoms with van der Waals surface area (Å²) in [6.07, 6.45) is 1.75. The first-order valence-corrected chi connectivity index (χ1v) is 12.4. The maximum absolute atomic E-state index is 13.4. The second-order valence-corrected chi connectivity index (χ2v) is 10.9. The number of carbonyl (C=O) groups excluding carboxylic acids is 1. The van der Waals surface area contributed by atoms with Crippen LogP contribution >= 0.6 is 11.3 Å². The van der Waals surface area contributed by atoms with Crippen molar-refractivity contribution in [1.82, 2.24) is 14.8 Å². The van der Waals surface area contributed by atoms with Crippen LogP contribution in [-0.2, 0) is 19.6 Å². The van der Waals surface area contributed by atoms with Gasteiger partial charge in [0.2, 0.25) is 10.0 Å². The second kappa shape index (κ2) is 9.13. The number of nitrogens with zero attached hydrogens (tertiary/aromatic N) is 4. The summed E-state index contributed by atoms with van der Waals surface area (Å²) in [7, 11) is -4.00. The van der Waals surface area contributed by atoms with Gasteiger partial charge in [-0.15, -0.1) is 0 Å². The van der Waals surface area contributed by atoms with E-state index in [1.54, 1.807) is 23.8 Å². The summed E-state index contributed by atoms with van der Waals surface area (Å²) >= 11 is 1.48. The number of piperazine rings is 1. The fourth-order valence-corrected chi connectivity index (χ4v) is 7.12. The molecule has 2 saturated heterocycles. The molecule has 32 heavy (non-hydrogen) atoms. The highest BCUT2D eigenvalue weighted by molar-refractivity contribution is 7.91. The molecular formula is C20H23N5O5S2. The van der Waals surface area contributed by atoms with Crippen LogP contribution in [0.4, 0.5) is 5.13 Å². The van der Waals surface area contributed by atoms with Crippen molar-refractivity contribution in [2.75, 3.05) is 44.3 Å². The number of nitrogens with one attached hydrogen (secondary N) is 1. The number of aromatic nitrogens is 1. The smallest absolute Gasteiger partial charge is 0.266 e. The summed E-state index contributed by atoms with van der Waals surface area (Å²) < 4.78 is 31.7. The highest BCUT2D eigenvalue weighted by atomic mass is 32.2. The van der Waals surface area contributed by atoms with Gasteiger partial charge in [-0.05, 0) is 17.7 Å². The Morgan fingerprint density at radius 3 is 2.62 bits per heavy atom. The molecule has 0 aliphatic carbocycles. The third-order valence-corrected chi connectivity index (χ3v) is 9.66. The first-order valence-electron chi connectivity index (χ1n) is 10.1. The number of nitriles is 1. The topological polar surface area (TPSA) is 136 Å². The van der Waals surface area contributed by atoms with Gasteiger partial charge in [-0.25, -0.2) is 18.9 Å². The lowest BCUT2D eigenvalue weighted by atomic mass is 9.98. The third kappa shape index (κ3) is 3.98. The molecule has 3 heterocycles. The summed E-state index contributed by atoms with van der Waals surface area (Å²) in [6, 6.07) is 9.42. The van der Waals surface area contributed by atoms with Gasteiger partial charge in [0.15, 0.2) is 9.88 Å². The highest BCUT2D eigenvalue weighted by Gasteiger charge is 2.54. The van der Waals surface area contributed by atoms with E-state index < -0.39 is 20.7 Å². The summed E-state index contributed by atoms with van der Waals surface area (Å²) in [5.41, 5.74) is 3.02. The van der Waals surface area contributed by atoms with Gasteiger partial charge in [-0.2, -0.15) is 9.57 Å². The van der Waals surface area contributed by atoms with E-state index in [0.717, 1.165) is 15.6 Å². The maximum atomic E-state index is 13.4. The second-order valence-electron chi connectivity index (χ2n) is 7.64. The molecule has 12 heteroatoms. The van der Waals surface area contributed by atoms with Crippen LogP contribution in [0.25, 0.3) is 10.4 Å². The van der Waals surface area contributed by atoms with Crippen molar-refractivity contribution in [2.24, 2.45) is 0 Å². The Bertz CT molecular complexity index is 1130. The van der Waals surface area contributed by atoms with Crippen LogP contribution in [0.2, 0.25) is 0 Å². The Morgan fingerprint density at radius 1 is 1.25 bits per heavy atom. The first kappa shape index (κ1) is 22.6. The molecule has 0 bridgehead atoms. The van der Waals surface area contributed by atoms with E-state index in [1.807, 2.05) is 17.0 Å². The normalized spacial score (nSPS) is 19.3. The molecule has 2 fully saturated rings. The molecule has 10 nitrogen and oxygen atoms in total. The van der Waals surface area contributed by atoms with Gasteiger partial charge in [0, 0.05) is 58.4 Å². The Balaban J connectivity index is 1.48. The van der Waals surface area contributed by atoms with Gasteiger partial charge in [0.25, 0.3) is 5.91 Å². The van der Waals surface area contributed by atoms with E-state index in [-0.39, 0.29) is 39.1 Å². The maximum Gasteiger partial charge on any atom is 0.266 e. The molecule has 0 radical (unpaired) electrons. The third-order valence-electron chi connectivity index (χ3n) is 5.93. The van der Waals surface area contributed by atoms with E-state index in [0.29, 0.717) is 18.7 Å². The van der Waals surface area contributed by atoms with Crippen molar-refractivity contribution in [2.45, 2.75) is 17.6 Å². The number of amides is 1. The van der Waals surface area contributed by atoms with E-state index >= 15 is 0 Å². The lowest BCUT2D eigenvalue weighted by Gasteiger charge is -2.41. The Labute approximate surface area is 190 Å². The van der Waals surface area contributed by atoms with Crippen LogP contribution in [0.1, 0.15) is 18.4 Å². The van der Waals surface area contributed by atoms with Crippen LogP contribution in [0.5, 0.6) is 0 Å². The Hall–Kier alpha value is -2.56. The van der Waals surface area contributed by atoms with Gasteiger partial charge in [0.1, 0.15) is 0 Å². The highest BCUT2D eigenvalue weighted by Crippen LogP contribution is 2.35. The van der Waals surface area contributed by atoms with Crippen LogP contribution in [-0.4, -0.2) is 73.0 Å². The van der Waals surface area contributed by atoms with Crippen molar-refractivity contribution in [1.29, 1.82) is 5.26 Å². The molecule has 0 unspecified atom stereocenters. The van der Waals surface area contributed by atoms with Crippen molar-refractivity contribution < 1.29 is 23.2 Å². The van der Waals surface area contributed by atoms with E-state index in [4.69, 9.17) is 10.00 Å². The number of carbonyl (C=O) groups is 1. The quantitative estimate of drug-likeness (QED) is 0.484. The molecule has 1 aromatic heterocycles. The molecule has 0 saturated carbocycles. The zero-order valence-corrected chi connectivity index (χ0v) is 18.9. The molecule has 2 aromatic rings. The van der Waals surface area contributed by atoms with E-state index in [2.05, 4.69) is 11.1 Å². The molecule has 2 aliphatic heterocycles. The number of thiazole rings is 1. The van der Waals surface area contributed by atoms with E-state index in [9.17, 15) is 18.4 Å². The Kier molecular flexibility index (Phi) is 6.45. The summed E-state index contributed by atoms with van der Waals surface area (Å²) in [4.78, 5) is 19.8. The number of hydroxylamine groups is 1. The largest absolute Gasteiger partial charge is 0.381 e. The minimum absolute atomic E-state index is 0.000454. The van der Waals surface area contributed by atoms with Crippen molar-refractivity contribution in [3.63, 3.8) is 0 Å². The summed E-state index contributed by atoms with van der Waals surface area (Å²) in [5, 5.41) is 19.1. The molecule has 0 spiro atoms. The number of sulfonamides is 1. The fraction of sp³-hybridized carbons (Fsp3) is 0.450. The zero-order valence-electron chi connectivity index (χ0n) is 17.2. The van der Waals surface area contributed by atoms with E-state index in [1.165, 1.54) is 15.6 Å². The monoisotopic (exact) mass is 477 g/mol. The lowest BCUT2D eigenvalue weighted by molar-refractivity contribution is -0.134. The van der Waals surface area contributed by atoms with Crippen molar-refractivity contribution in [3.05, 3.63) is 36.0 Å². The van der Waals surface area contributed by atoms with Crippen molar-refractivity contribution in [3.8, 4) is 16.5 Å². The average molecular weight is 478 g/mol. The van der Waals surface area contributed by atoms with Gasteiger partial charge in [0.05, 0.1) is 16.5 Å². The molecule has 170 valence electrons. The van der Waals surface area contributed by atoms with Crippen LogP contribution in [0.3, 0.4) is 0 Å². The molecule has 0 atom stereocenters. The van der Waals surface area contributed by atoms with Crippen LogP contribution in [0, 0.1) is 11.3 Å². The predicted octanol–water partition coefficient (Wildman–Crippen LogP) is 1.19.